The van der Waals surface area contributed by atoms with Gasteiger partial charge in [-0.2, -0.15) is 13.2 Å². The van der Waals surface area contributed by atoms with Gasteiger partial charge in [0, 0.05) is 5.02 Å². The largest absolute Gasteiger partial charge is 0.435 e. The third kappa shape index (κ3) is 3.05. The van der Waals surface area contributed by atoms with Gasteiger partial charge in [0.05, 0.1) is 13.2 Å². The van der Waals surface area contributed by atoms with Crippen molar-refractivity contribution >= 4 is 11.6 Å². The van der Waals surface area contributed by atoms with Crippen LogP contribution in [0.2, 0.25) is 5.02 Å². The summed E-state index contributed by atoms with van der Waals surface area (Å²) in [6, 6.07) is 6.43. The first-order valence-electron chi connectivity index (χ1n) is 5.26. The molecule has 0 saturated heterocycles. The molecule has 0 amide bonds. The van der Waals surface area contributed by atoms with E-state index >= 15 is 0 Å². The van der Waals surface area contributed by atoms with E-state index in [-0.39, 0.29) is 6.54 Å². The number of halogens is 4. The molecule has 8 heteroatoms. The summed E-state index contributed by atoms with van der Waals surface area (Å²) in [6.45, 7) is -0.938. The van der Waals surface area contributed by atoms with Gasteiger partial charge < -0.3 is 5.11 Å². The highest BCUT2D eigenvalue weighted by Crippen LogP contribution is 2.31. The summed E-state index contributed by atoms with van der Waals surface area (Å²) in [5.74, 6) is 0. The van der Waals surface area contributed by atoms with Gasteiger partial charge in [0.15, 0.2) is 5.69 Å². The van der Waals surface area contributed by atoms with Gasteiger partial charge >= 0.3 is 6.18 Å². The minimum atomic E-state index is -4.62. The number of alkyl halides is 3. The van der Waals surface area contributed by atoms with Crippen molar-refractivity contribution in [2.24, 2.45) is 0 Å². The van der Waals surface area contributed by atoms with E-state index in [1.165, 1.54) is 0 Å². The van der Waals surface area contributed by atoms with E-state index in [0.29, 0.717) is 15.3 Å². The van der Waals surface area contributed by atoms with E-state index in [9.17, 15) is 13.2 Å². The lowest BCUT2D eigenvalue weighted by Gasteiger charge is -2.10. The Balaban J connectivity index is 2.38. The first-order chi connectivity index (χ1) is 8.91. The maximum atomic E-state index is 12.9. The standard InChI is InChI=1S/C11H9ClF3N3O/c12-8-3-1-2-7(4-8)5-18-10(11(13,14)15)9(6-19)16-17-18/h1-4,19H,5-6H2. The second-order valence-electron chi connectivity index (χ2n) is 3.83. The highest BCUT2D eigenvalue weighted by Gasteiger charge is 2.39. The monoisotopic (exact) mass is 291 g/mol. The molecule has 0 saturated carbocycles. The van der Waals surface area contributed by atoms with Crippen molar-refractivity contribution in [1.82, 2.24) is 15.0 Å². The molecule has 0 aliphatic rings. The predicted octanol–water partition coefficient (Wildman–Crippen LogP) is 2.49. The van der Waals surface area contributed by atoms with E-state index in [0.717, 1.165) is 0 Å². The van der Waals surface area contributed by atoms with E-state index in [1.54, 1.807) is 24.3 Å². The summed E-state index contributed by atoms with van der Waals surface area (Å²) in [4.78, 5) is 0. The lowest BCUT2D eigenvalue weighted by molar-refractivity contribution is -0.145. The number of nitrogens with zero attached hydrogens (tertiary/aromatic N) is 3. The molecule has 0 aliphatic carbocycles. The molecule has 4 nitrogen and oxygen atoms in total. The van der Waals surface area contributed by atoms with Crippen LogP contribution in [-0.4, -0.2) is 20.1 Å². The Bertz CT molecular complexity index is 583. The molecule has 0 radical (unpaired) electrons. The minimum Gasteiger partial charge on any atom is -0.390 e. The van der Waals surface area contributed by atoms with Crippen molar-refractivity contribution < 1.29 is 18.3 Å². The molecule has 2 rings (SSSR count). The average molecular weight is 292 g/mol. The maximum absolute atomic E-state index is 12.9. The van der Waals surface area contributed by atoms with Crippen LogP contribution in [0.3, 0.4) is 0 Å². The van der Waals surface area contributed by atoms with E-state index in [4.69, 9.17) is 16.7 Å². The summed E-state index contributed by atoms with van der Waals surface area (Å²) in [5, 5.41) is 16.0. The number of rotatable bonds is 3. The van der Waals surface area contributed by atoms with Crippen molar-refractivity contribution in [1.29, 1.82) is 0 Å². The van der Waals surface area contributed by atoms with Crippen LogP contribution < -0.4 is 0 Å². The Labute approximate surface area is 111 Å². The Morgan fingerprint density at radius 3 is 2.63 bits per heavy atom. The van der Waals surface area contributed by atoms with Crippen LogP contribution >= 0.6 is 11.6 Å². The van der Waals surface area contributed by atoms with Crippen molar-refractivity contribution in [3.63, 3.8) is 0 Å². The molecule has 0 bridgehead atoms. The lowest BCUT2D eigenvalue weighted by atomic mass is 10.2. The number of aliphatic hydroxyl groups excluding tert-OH is 1. The Morgan fingerprint density at radius 2 is 2.05 bits per heavy atom. The van der Waals surface area contributed by atoms with Gasteiger partial charge in [-0.05, 0) is 17.7 Å². The summed E-state index contributed by atoms with van der Waals surface area (Å²) in [6.07, 6.45) is -4.62. The molecular weight excluding hydrogens is 283 g/mol. The van der Waals surface area contributed by atoms with Crippen LogP contribution in [-0.2, 0) is 19.3 Å². The van der Waals surface area contributed by atoms with Crippen molar-refractivity contribution in [2.45, 2.75) is 19.3 Å². The van der Waals surface area contributed by atoms with E-state index < -0.39 is 24.2 Å². The van der Waals surface area contributed by atoms with Gasteiger partial charge in [-0.15, -0.1) is 5.10 Å². The van der Waals surface area contributed by atoms with Crippen LogP contribution in [0.5, 0.6) is 0 Å². The number of hydrogen-bond donors (Lipinski definition) is 1. The van der Waals surface area contributed by atoms with Gasteiger partial charge in [0.25, 0.3) is 0 Å². The average Bonchev–Trinajstić information content (AvgIpc) is 2.71. The molecule has 1 heterocycles. The van der Waals surface area contributed by atoms with Gasteiger partial charge in [-0.3, -0.25) is 0 Å². The van der Waals surface area contributed by atoms with Crippen LogP contribution in [0.4, 0.5) is 13.2 Å². The lowest BCUT2D eigenvalue weighted by Crippen LogP contribution is -2.17. The fraction of sp³-hybridized carbons (Fsp3) is 0.273. The van der Waals surface area contributed by atoms with Crippen LogP contribution in [0, 0.1) is 0 Å². The summed E-state index contributed by atoms with van der Waals surface area (Å²) < 4.78 is 39.3. The first-order valence-corrected chi connectivity index (χ1v) is 5.64. The second kappa shape index (κ2) is 5.18. The van der Waals surface area contributed by atoms with Gasteiger partial charge in [-0.25, -0.2) is 4.68 Å². The molecular formula is C11H9ClF3N3O. The third-order valence-electron chi connectivity index (χ3n) is 2.44. The second-order valence-corrected chi connectivity index (χ2v) is 4.26. The van der Waals surface area contributed by atoms with E-state index in [1.807, 2.05) is 0 Å². The molecule has 1 aromatic carbocycles. The van der Waals surface area contributed by atoms with Crippen LogP contribution in [0.1, 0.15) is 17.0 Å². The fourth-order valence-corrected chi connectivity index (χ4v) is 1.90. The zero-order chi connectivity index (χ0) is 14.0. The third-order valence-corrected chi connectivity index (χ3v) is 2.68. The van der Waals surface area contributed by atoms with Crippen molar-refractivity contribution in [3.05, 3.63) is 46.2 Å². The van der Waals surface area contributed by atoms with E-state index in [2.05, 4.69) is 10.3 Å². The number of benzene rings is 1. The smallest absolute Gasteiger partial charge is 0.390 e. The Morgan fingerprint density at radius 1 is 1.32 bits per heavy atom. The Hall–Kier alpha value is -1.60. The number of hydrogen-bond acceptors (Lipinski definition) is 3. The molecule has 2 aromatic rings. The molecule has 0 unspecified atom stereocenters. The molecule has 0 spiro atoms. The molecule has 102 valence electrons. The SMILES string of the molecule is OCc1nnn(Cc2cccc(Cl)c2)c1C(F)(F)F. The molecule has 0 atom stereocenters. The first kappa shape index (κ1) is 13.8. The molecule has 1 aromatic heterocycles. The normalized spacial score (nSPS) is 11.8. The molecule has 0 fully saturated rings. The quantitative estimate of drug-likeness (QED) is 0.945. The van der Waals surface area contributed by atoms with Crippen molar-refractivity contribution in [3.8, 4) is 0 Å². The summed E-state index contributed by atoms with van der Waals surface area (Å²) >= 11 is 5.77. The van der Waals surface area contributed by atoms with Gasteiger partial charge in [-0.1, -0.05) is 28.9 Å². The van der Waals surface area contributed by atoms with Crippen LogP contribution in [0.15, 0.2) is 24.3 Å². The minimum absolute atomic E-state index is 0.123. The summed E-state index contributed by atoms with van der Waals surface area (Å²) in [5.41, 5.74) is -0.975. The topological polar surface area (TPSA) is 50.9 Å². The zero-order valence-corrected chi connectivity index (χ0v) is 10.3. The predicted molar refractivity (Wildman–Crippen MR) is 61.5 cm³/mol. The Kier molecular flexibility index (Phi) is 3.77. The van der Waals surface area contributed by atoms with Gasteiger partial charge in [0.1, 0.15) is 5.69 Å². The maximum Gasteiger partial charge on any atom is 0.435 e. The number of aromatic nitrogens is 3. The van der Waals surface area contributed by atoms with Crippen LogP contribution in [0.25, 0.3) is 0 Å². The zero-order valence-electron chi connectivity index (χ0n) is 9.52. The highest BCUT2D eigenvalue weighted by atomic mass is 35.5. The highest BCUT2D eigenvalue weighted by molar-refractivity contribution is 6.30. The molecule has 19 heavy (non-hydrogen) atoms. The van der Waals surface area contributed by atoms with Gasteiger partial charge in [0.2, 0.25) is 0 Å². The molecule has 0 aliphatic heterocycles. The number of aliphatic hydroxyl groups is 1. The fourth-order valence-electron chi connectivity index (χ4n) is 1.68. The van der Waals surface area contributed by atoms with Crippen molar-refractivity contribution in [2.75, 3.05) is 0 Å². The summed E-state index contributed by atoms with van der Waals surface area (Å²) in [7, 11) is 0. The molecule has 1 N–H and O–H groups in total.